The third-order valence-electron chi connectivity index (χ3n) is 3.38. The number of sulfonamides is 1. The quantitative estimate of drug-likeness (QED) is 0.703. The Morgan fingerprint density at radius 3 is 2.25 bits per heavy atom. The lowest BCUT2D eigenvalue weighted by molar-refractivity contribution is -0.116. The van der Waals surface area contributed by atoms with Gasteiger partial charge in [0.25, 0.3) is 0 Å². The normalized spacial score (nSPS) is 12.5. The summed E-state index contributed by atoms with van der Waals surface area (Å²) in [4.78, 5) is 12.2. The molecule has 0 saturated carbocycles. The van der Waals surface area contributed by atoms with E-state index in [1.54, 1.807) is 6.92 Å². The van der Waals surface area contributed by atoms with Crippen molar-refractivity contribution in [2.75, 3.05) is 10.6 Å². The number of hydrogen-bond donors (Lipinski definition) is 3. The molecule has 24 heavy (non-hydrogen) atoms. The zero-order valence-corrected chi connectivity index (χ0v) is 15.6. The van der Waals surface area contributed by atoms with E-state index in [1.807, 2.05) is 25.1 Å². The van der Waals surface area contributed by atoms with Gasteiger partial charge in [0.2, 0.25) is 15.9 Å². The monoisotopic (exact) mass is 411 g/mol. The molecule has 0 radical (unpaired) electrons. The van der Waals surface area contributed by atoms with Crippen molar-refractivity contribution in [2.45, 2.75) is 24.8 Å². The minimum absolute atomic E-state index is 0.00277. The molecule has 0 spiro atoms. The molecule has 0 aliphatic rings. The molecule has 4 N–H and O–H groups in total. The number of carbonyl (C=O) groups is 1. The van der Waals surface area contributed by atoms with Crippen LogP contribution in [0.15, 0.2) is 51.8 Å². The van der Waals surface area contributed by atoms with E-state index in [2.05, 4.69) is 26.6 Å². The highest BCUT2D eigenvalue weighted by Gasteiger charge is 2.14. The Bertz CT molecular complexity index is 851. The zero-order chi connectivity index (χ0) is 17.9. The SMILES string of the molecule is Cc1cc(N[C@H](C)C(=O)Nc2ccc(S(N)(=O)=O)cc2)ccc1Br. The molecule has 2 aromatic carbocycles. The van der Waals surface area contributed by atoms with Crippen LogP contribution >= 0.6 is 15.9 Å². The second kappa shape index (κ2) is 7.33. The first-order chi connectivity index (χ1) is 11.2. The Morgan fingerprint density at radius 1 is 1.12 bits per heavy atom. The van der Waals surface area contributed by atoms with Gasteiger partial charge in [0, 0.05) is 15.8 Å². The fourth-order valence-corrected chi connectivity index (χ4v) is 2.79. The van der Waals surface area contributed by atoms with Gasteiger partial charge in [-0.15, -0.1) is 0 Å². The molecule has 1 atom stereocenters. The maximum Gasteiger partial charge on any atom is 0.246 e. The lowest BCUT2D eigenvalue weighted by Gasteiger charge is -2.16. The van der Waals surface area contributed by atoms with E-state index < -0.39 is 16.1 Å². The van der Waals surface area contributed by atoms with Gasteiger partial charge in [-0.25, -0.2) is 13.6 Å². The maximum atomic E-state index is 12.2. The predicted octanol–water partition coefficient (Wildman–Crippen LogP) is 2.84. The van der Waals surface area contributed by atoms with Gasteiger partial charge in [0.15, 0.2) is 0 Å². The number of aryl methyl sites for hydroxylation is 1. The summed E-state index contributed by atoms with van der Waals surface area (Å²) in [5.41, 5.74) is 2.39. The summed E-state index contributed by atoms with van der Waals surface area (Å²) in [5.74, 6) is -0.237. The highest BCUT2D eigenvalue weighted by Crippen LogP contribution is 2.21. The lowest BCUT2D eigenvalue weighted by atomic mass is 10.2. The number of carbonyl (C=O) groups excluding carboxylic acids is 1. The molecule has 0 aliphatic heterocycles. The van der Waals surface area contributed by atoms with Crippen molar-refractivity contribution in [1.82, 2.24) is 0 Å². The van der Waals surface area contributed by atoms with Crippen LogP contribution in [-0.2, 0) is 14.8 Å². The van der Waals surface area contributed by atoms with Gasteiger partial charge in [0.05, 0.1) is 4.90 Å². The van der Waals surface area contributed by atoms with Gasteiger partial charge in [-0.05, 0) is 61.9 Å². The molecule has 2 rings (SSSR count). The number of rotatable bonds is 5. The number of benzene rings is 2. The largest absolute Gasteiger partial charge is 0.374 e. The molecular formula is C16H18BrN3O3S. The van der Waals surface area contributed by atoms with Crippen molar-refractivity contribution in [1.29, 1.82) is 0 Å². The summed E-state index contributed by atoms with van der Waals surface area (Å²) >= 11 is 3.43. The number of anilines is 2. The predicted molar refractivity (Wildman–Crippen MR) is 98.4 cm³/mol. The van der Waals surface area contributed by atoms with Crippen molar-refractivity contribution >= 4 is 43.2 Å². The number of nitrogens with two attached hydrogens (primary N) is 1. The molecule has 128 valence electrons. The van der Waals surface area contributed by atoms with Crippen LogP contribution in [0.25, 0.3) is 0 Å². The minimum Gasteiger partial charge on any atom is -0.374 e. The van der Waals surface area contributed by atoms with Crippen molar-refractivity contribution in [3.8, 4) is 0 Å². The molecular weight excluding hydrogens is 394 g/mol. The fourth-order valence-electron chi connectivity index (χ4n) is 2.03. The highest BCUT2D eigenvalue weighted by atomic mass is 79.9. The van der Waals surface area contributed by atoms with Crippen LogP contribution in [0.1, 0.15) is 12.5 Å². The first kappa shape index (κ1) is 18.4. The summed E-state index contributed by atoms with van der Waals surface area (Å²) in [6.07, 6.45) is 0. The smallest absolute Gasteiger partial charge is 0.246 e. The second-order valence-corrected chi connectivity index (χ2v) is 7.80. The highest BCUT2D eigenvalue weighted by molar-refractivity contribution is 9.10. The van der Waals surface area contributed by atoms with E-state index in [0.717, 1.165) is 15.7 Å². The molecule has 0 heterocycles. The zero-order valence-electron chi connectivity index (χ0n) is 13.2. The summed E-state index contributed by atoms with van der Waals surface area (Å²) < 4.78 is 23.4. The van der Waals surface area contributed by atoms with Crippen LogP contribution in [-0.4, -0.2) is 20.4 Å². The molecule has 0 aromatic heterocycles. The third-order valence-corrected chi connectivity index (χ3v) is 5.20. The molecule has 0 aliphatic carbocycles. The van der Waals surface area contributed by atoms with Crippen LogP contribution in [0.3, 0.4) is 0 Å². The Kier molecular flexibility index (Phi) is 5.63. The molecule has 2 aromatic rings. The molecule has 0 unspecified atom stereocenters. The van der Waals surface area contributed by atoms with Crippen molar-refractivity contribution in [3.63, 3.8) is 0 Å². The summed E-state index contributed by atoms with van der Waals surface area (Å²) in [6, 6.07) is 10.9. The van der Waals surface area contributed by atoms with E-state index in [9.17, 15) is 13.2 Å². The molecule has 8 heteroatoms. The average molecular weight is 412 g/mol. The van der Waals surface area contributed by atoms with E-state index in [4.69, 9.17) is 5.14 Å². The lowest BCUT2D eigenvalue weighted by Crippen LogP contribution is -2.31. The molecule has 0 fully saturated rings. The van der Waals surface area contributed by atoms with Gasteiger partial charge in [-0.3, -0.25) is 4.79 Å². The summed E-state index contributed by atoms with van der Waals surface area (Å²) in [7, 11) is -3.74. The first-order valence-electron chi connectivity index (χ1n) is 7.13. The molecule has 1 amide bonds. The van der Waals surface area contributed by atoms with Crippen molar-refractivity contribution < 1.29 is 13.2 Å². The van der Waals surface area contributed by atoms with Crippen LogP contribution in [0.4, 0.5) is 11.4 Å². The Morgan fingerprint density at radius 2 is 1.71 bits per heavy atom. The van der Waals surface area contributed by atoms with Gasteiger partial charge >= 0.3 is 0 Å². The van der Waals surface area contributed by atoms with Crippen LogP contribution in [0.5, 0.6) is 0 Å². The van der Waals surface area contributed by atoms with Crippen LogP contribution in [0.2, 0.25) is 0 Å². The number of halogens is 1. The number of amides is 1. The second-order valence-electron chi connectivity index (χ2n) is 5.39. The maximum absolute atomic E-state index is 12.2. The number of nitrogens with one attached hydrogen (secondary N) is 2. The Balaban J connectivity index is 2.02. The van der Waals surface area contributed by atoms with Gasteiger partial charge in [-0.2, -0.15) is 0 Å². The van der Waals surface area contributed by atoms with Gasteiger partial charge < -0.3 is 10.6 Å². The molecule has 0 bridgehead atoms. The van der Waals surface area contributed by atoms with Crippen LogP contribution < -0.4 is 15.8 Å². The summed E-state index contributed by atoms with van der Waals surface area (Å²) in [5, 5.41) is 10.9. The van der Waals surface area contributed by atoms with Gasteiger partial charge in [-0.1, -0.05) is 15.9 Å². The van der Waals surface area contributed by atoms with Crippen molar-refractivity contribution in [2.24, 2.45) is 5.14 Å². The first-order valence-corrected chi connectivity index (χ1v) is 9.47. The third kappa shape index (κ3) is 4.80. The number of primary sulfonamides is 1. The topological polar surface area (TPSA) is 101 Å². The average Bonchev–Trinajstić information content (AvgIpc) is 2.50. The fraction of sp³-hybridized carbons (Fsp3) is 0.188. The molecule has 6 nitrogen and oxygen atoms in total. The van der Waals surface area contributed by atoms with Crippen LogP contribution in [0, 0.1) is 6.92 Å². The van der Waals surface area contributed by atoms with E-state index in [1.165, 1.54) is 24.3 Å². The Hall–Kier alpha value is -1.90. The minimum atomic E-state index is -3.74. The Labute approximate surface area is 149 Å². The van der Waals surface area contributed by atoms with E-state index in [-0.39, 0.29) is 10.8 Å². The van der Waals surface area contributed by atoms with E-state index >= 15 is 0 Å². The van der Waals surface area contributed by atoms with E-state index in [0.29, 0.717) is 5.69 Å². The van der Waals surface area contributed by atoms with Gasteiger partial charge in [0.1, 0.15) is 6.04 Å². The number of hydrogen-bond acceptors (Lipinski definition) is 4. The molecule has 0 saturated heterocycles. The summed E-state index contributed by atoms with van der Waals surface area (Å²) in [6.45, 7) is 3.71. The van der Waals surface area contributed by atoms with Crippen molar-refractivity contribution in [3.05, 3.63) is 52.5 Å². The standard InChI is InChI=1S/C16H18BrN3O3S/c1-10-9-13(5-8-15(10)17)19-11(2)16(21)20-12-3-6-14(7-4-12)24(18,22)23/h3-9,11,19H,1-2H3,(H,20,21)(H2,18,22,23)/t11-/m1/s1.